The Bertz CT molecular complexity index is 964. The molecule has 8 nitrogen and oxygen atoms in total. The van der Waals surface area contributed by atoms with Crippen molar-refractivity contribution in [3.05, 3.63) is 11.3 Å². The number of rotatable bonds is 14. The first-order valence-corrected chi connectivity index (χ1v) is 15.5. The van der Waals surface area contributed by atoms with Crippen molar-refractivity contribution in [2.45, 2.75) is 96.7 Å². The van der Waals surface area contributed by atoms with Gasteiger partial charge in [-0.05, 0) is 64.2 Å². The Morgan fingerprint density at radius 2 is 1.18 bits per heavy atom. The molecular formula is C32H50O8. The van der Waals surface area contributed by atoms with Gasteiger partial charge in [0.25, 0.3) is 0 Å². The molecule has 0 aromatic rings. The predicted molar refractivity (Wildman–Crippen MR) is 148 cm³/mol. The van der Waals surface area contributed by atoms with Crippen LogP contribution in [0.2, 0.25) is 0 Å². The maximum Gasteiger partial charge on any atom is 0.334 e. The highest BCUT2D eigenvalue weighted by Crippen LogP contribution is 2.68. The van der Waals surface area contributed by atoms with Gasteiger partial charge in [-0.15, -0.1) is 0 Å². The number of ether oxygens (including phenoxy) is 6. The Balaban J connectivity index is 1.25. The van der Waals surface area contributed by atoms with Gasteiger partial charge in [-0.3, -0.25) is 0 Å². The molecule has 4 saturated carbocycles. The van der Waals surface area contributed by atoms with Gasteiger partial charge in [0.1, 0.15) is 5.76 Å². The molecule has 4 bridgehead atoms. The third kappa shape index (κ3) is 5.48. The van der Waals surface area contributed by atoms with E-state index in [-0.39, 0.29) is 32.9 Å². The monoisotopic (exact) mass is 562 g/mol. The molecule has 0 radical (unpaired) electrons. The van der Waals surface area contributed by atoms with Gasteiger partial charge in [0, 0.05) is 41.3 Å². The number of allylic oxidation sites excluding steroid dienone is 1. The topological polar surface area (TPSA) is 92.7 Å². The Labute approximate surface area is 239 Å². The molecule has 4 aliphatic carbocycles. The van der Waals surface area contributed by atoms with E-state index in [2.05, 4.69) is 20.8 Å². The van der Waals surface area contributed by atoms with Crippen molar-refractivity contribution in [2.24, 2.45) is 27.6 Å². The highest BCUT2D eigenvalue weighted by atomic mass is 16.5. The summed E-state index contributed by atoms with van der Waals surface area (Å²) >= 11 is 0. The number of hydrogen-bond acceptors (Lipinski definition) is 7. The lowest BCUT2D eigenvalue weighted by Crippen LogP contribution is -2.65. The molecule has 0 aromatic heterocycles. The van der Waals surface area contributed by atoms with E-state index in [0.29, 0.717) is 37.1 Å². The van der Waals surface area contributed by atoms with Crippen LogP contribution < -0.4 is 0 Å². The van der Waals surface area contributed by atoms with Crippen LogP contribution in [0, 0.1) is 27.6 Å². The zero-order valence-electron chi connectivity index (χ0n) is 25.1. The fourth-order valence-corrected chi connectivity index (χ4v) is 8.81. The molecule has 0 aromatic carbocycles. The van der Waals surface area contributed by atoms with Crippen LogP contribution in [0.4, 0.5) is 0 Å². The Kier molecular flexibility index (Phi) is 7.38. The second kappa shape index (κ2) is 10.2. The van der Waals surface area contributed by atoms with Gasteiger partial charge in [0.15, 0.2) is 0 Å². The van der Waals surface area contributed by atoms with Crippen LogP contribution >= 0.6 is 0 Å². The van der Waals surface area contributed by atoms with E-state index in [0.717, 1.165) is 97.4 Å². The van der Waals surface area contributed by atoms with E-state index >= 15 is 0 Å². The maximum atomic E-state index is 12.4. The van der Waals surface area contributed by atoms with Gasteiger partial charge in [-0.25, -0.2) is 4.79 Å². The molecule has 7 rings (SSSR count). The largest absolute Gasteiger partial charge is 0.497 e. The first-order valence-electron chi connectivity index (χ1n) is 15.5. The minimum atomic E-state index is -0.898. The van der Waals surface area contributed by atoms with Crippen LogP contribution in [-0.4, -0.2) is 81.7 Å². The summed E-state index contributed by atoms with van der Waals surface area (Å²) in [6.45, 7) is 15.1. The average Bonchev–Trinajstić information content (AvgIpc) is 2.82. The van der Waals surface area contributed by atoms with Gasteiger partial charge in [-0.1, -0.05) is 20.8 Å². The molecule has 7 fully saturated rings. The first-order chi connectivity index (χ1) is 18.9. The van der Waals surface area contributed by atoms with Crippen molar-refractivity contribution in [3.8, 4) is 0 Å². The molecule has 226 valence electrons. The second-order valence-corrected chi connectivity index (χ2v) is 15.6. The minimum Gasteiger partial charge on any atom is -0.497 e. The summed E-state index contributed by atoms with van der Waals surface area (Å²) in [7, 11) is 0. The number of hydrogen-bond donors (Lipinski definition) is 1. The zero-order valence-corrected chi connectivity index (χ0v) is 25.1. The molecule has 40 heavy (non-hydrogen) atoms. The zero-order chi connectivity index (χ0) is 28.3. The summed E-state index contributed by atoms with van der Waals surface area (Å²) in [4.78, 5) is 12.4. The van der Waals surface area contributed by atoms with Crippen molar-refractivity contribution in [3.63, 3.8) is 0 Å². The van der Waals surface area contributed by atoms with E-state index in [1.165, 1.54) is 0 Å². The minimum absolute atomic E-state index is 0.112. The van der Waals surface area contributed by atoms with E-state index < -0.39 is 5.97 Å². The molecule has 8 heteroatoms. The highest BCUT2D eigenvalue weighted by Gasteiger charge is 2.66. The van der Waals surface area contributed by atoms with E-state index in [4.69, 9.17) is 28.4 Å². The van der Waals surface area contributed by atoms with Crippen LogP contribution in [0.5, 0.6) is 0 Å². The Hall–Kier alpha value is -1.19. The van der Waals surface area contributed by atoms with Gasteiger partial charge in [0.2, 0.25) is 0 Å². The molecule has 0 amide bonds. The highest BCUT2D eigenvalue weighted by molar-refractivity contribution is 5.86. The third-order valence-corrected chi connectivity index (χ3v) is 11.0. The number of aliphatic carboxylic acids is 1. The third-order valence-electron chi connectivity index (χ3n) is 11.0. The van der Waals surface area contributed by atoms with Gasteiger partial charge < -0.3 is 33.5 Å². The van der Waals surface area contributed by atoms with E-state index in [1.54, 1.807) is 6.92 Å². The Morgan fingerprint density at radius 1 is 0.725 bits per heavy atom. The normalized spacial score (nSPS) is 38.5. The van der Waals surface area contributed by atoms with Crippen molar-refractivity contribution >= 4 is 5.97 Å². The van der Waals surface area contributed by atoms with Gasteiger partial charge in [-0.2, -0.15) is 0 Å². The van der Waals surface area contributed by atoms with Crippen molar-refractivity contribution in [1.29, 1.82) is 0 Å². The number of carboxylic acids is 1. The summed E-state index contributed by atoms with van der Waals surface area (Å²) in [6.07, 6.45) is 8.29. The first kappa shape index (κ1) is 28.9. The van der Waals surface area contributed by atoms with Crippen LogP contribution in [0.25, 0.3) is 0 Å². The summed E-state index contributed by atoms with van der Waals surface area (Å²) in [5, 5.41) is 10.2. The maximum absolute atomic E-state index is 12.4. The quantitative estimate of drug-likeness (QED) is 0.230. The van der Waals surface area contributed by atoms with E-state index in [9.17, 15) is 9.90 Å². The molecule has 2 atom stereocenters. The van der Waals surface area contributed by atoms with Crippen molar-refractivity contribution in [2.75, 3.05) is 59.5 Å². The number of carboxylic acid groups (broad SMARTS) is 1. The molecule has 0 spiro atoms. The SMILES string of the molecule is CC(C(=O)O)=C(OCCC1(C)COC1)C12CC3CC(OCCC4(C)COC4)(CC(OCCC4(C)COC4)(C3)C1)C2. The number of carbonyl (C=O) groups is 1. The second-order valence-electron chi connectivity index (χ2n) is 15.6. The molecule has 2 unspecified atom stereocenters. The predicted octanol–water partition coefficient (Wildman–Crippen LogP) is 5.14. The molecule has 3 saturated heterocycles. The summed E-state index contributed by atoms with van der Waals surface area (Å²) in [6, 6.07) is 0. The fourth-order valence-electron chi connectivity index (χ4n) is 8.81. The molecular weight excluding hydrogens is 512 g/mol. The lowest BCUT2D eigenvalue weighted by atomic mass is 9.45. The lowest BCUT2D eigenvalue weighted by Gasteiger charge is -2.66. The summed E-state index contributed by atoms with van der Waals surface area (Å²) in [5.74, 6) is 0.205. The van der Waals surface area contributed by atoms with Crippen molar-refractivity contribution in [1.82, 2.24) is 0 Å². The van der Waals surface area contributed by atoms with Crippen LogP contribution in [0.15, 0.2) is 11.3 Å². The molecule has 1 N–H and O–H groups in total. The summed E-state index contributed by atoms with van der Waals surface area (Å²) in [5.41, 5.74) is -0.169. The Morgan fingerprint density at radius 3 is 1.57 bits per heavy atom. The standard InChI is InChI=1S/C32H50O8/c1-23(26(33)34)25(38-8-5-27(2)17-35-18-27)30-11-24-12-31(14-30,39-9-6-28(3)19-36-20-28)16-32(13-24,15-30)40-10-7-29(4)21-37-22-29/h24H,5-22H2,1-4H3,(H,33,34). The van der Waals surface area contributed by atoms with Crippen molar-refractivity contribution < 1.29 is 38.3 Å². The van der Waals surface area contributed by atoms with Crippen LogP contribution in [-0.2, 0) is 33.2 Å². The van der Waals surface area contributed by atoms with Crippen LogP contribution in [0.1, 0.15) is 85.5 Å². The molecule has 3 heterocycles. The van der Waals surface area contributed by atoms with Gasteiger partial charge >= 0.3 is 5.97 Å². The smallest absolute Gasteiger partial charge is 0.334 e. The fraction of sp³-hybridized carbons (Fsp3) is 0.906. The lowest BCUT2D eigenvalue weighted by molar-refractivity contribution is -0.266. The van der Waals surface area contributed by atoms with Crippen LogP contribution in [0.3, 0.4) is 0 Å². The molecule has 3 aliphatic heterocycles. The summed E-state index contributed by atoms with van der Waals surface area (Å²) < 4.78 is 36.8. The molecule has 7 aliphatic rings. The van der Waals surface area contributed by atoms with Gasteiger partial charge in [0.05, 0.1) is 63.0 Å². The van der Waals surface area contributed by atoms with E-state index in [1.807, 2.05) is 0 Å². The average molecular weight is 563 g/mol.